The van der Waals surface area contributed by atoms with Crippen LogP contribution in [0.3, 0.4) is 0 Å². The summed E-state index contributed by atoms with van der Waals surface area (Å²) in [5.74, 6) is 5.91. The van der Waals surface area contributed by atoms with Crippen LogP contribution in [0.15, 0.2) is 12.1 Å². The predicted octanol–water partition coefficient (Wildman–Crippen LogP) is 2.74. The van der Waals surface area contributed by atoms with E-state index >= 15 is 0 Å². The van der Waals surface area contributed by atoms with Crippen molar-refractivity contribution in [2.45, 2.75) is 39.7 Å². The third-order valence-corrected chi connectivity index (χ3v) is 3.60. The third-order valence-electron chi connectivity index (χ3n) is 2.61. The molecule has 4 heteroatoms. The Labute approximate surface area is 119 Å². The minimum atomic E-state index is 0.0712. The van der Waals surface area contributed by atoms with E-state index in [-0.39, 0.29) is 18.6 Å². The first-order valence-electron chi connectivity index (χ1n) is 6.60. The van der Waals surface area contributed by atoms with Crippen molar-refractivity contribution in [3.63, 3.8) is 0 Å². The van der Waals surface area contributed by atoms with E-state index in [1.165, 1.54) is 11.3 Å². The van der Waals surface area contributed by atoms with E-state index in [0.29, 0.717) is 6.42 Å². The number of aliphatic hydroxyl groups excluding tert-OH is 1. The summed E-state index contributed by atoms with van der Waals surface area (Å²) in [7, 11) is 0. The van der Waals surface area contributed by atoms with Gasteiger partial charge in [-0.1, -0.05) is 18.8 Å². The second kappa shape index (κ2) is 7.98. The van der Waals surface area contributed by atoms with Gasteiger partial charge >= 0.3 is 0 Å². The van der Waals surface area contributed by atoms with E-state index in [9.17, 15) is 4.79 Å². The molecule has 0 aliphatic heterocycles. The van der Waals surface area contributed by atoms with Crippen molar-refractivity contribution >= 4 is 17.2 Å². The molecule has 0 saturated carbocycles. The van der Waals surface area contributed by atoms with Gasteiger partial charge in [0.1, 0.15) is 0 Å². The van der Waals surface area contributed by atoms with E-state index in [4.69, 9.17) is 5.11 Å². The average Bonchev–Trinajstić information content (AvgIpc) is 2.84. The third kappa shape index (κ3) is 4.70. The van der Waals surface area contributed by atoms with Crippen LogP contribution in [0, 0.1) is 11.8 Å². The van der Waals surface area contributed by atoms with E-state index in [0.717, 1.165) is 22.7 Å². The smallest absolute Gasteiger partial charge is 0.264 e. The Morgan fingerprint density at radius 1 is 1.47 bits per heavy atom. The SMILES string of the molecule is CCCN(C(=O)c1ccc(C#CCCO)s1)C(C)C. The molecule has 1 rings (SSSR count). The number of hydrogen-bond acceptors (Lipinski definition) is 3. The van der Waals surface area contributed by atoms with Crippen LogP contribution in [0.1, 0.15) is 48.2 Å². The van der Waals surface area contributed by atoms with Crippen molar-refractivity contribution in [2.24, 2.45) is 0 Å². The number of aliphatic hydroxyl groups is 1. The zero-order chi connectivity index (χ0) is 14.3. The molecule has 1 amide bonds. The molecule has 1 aromatic heterocycles. The highest BCUT2D eigenvalue weighted by Gasteiger charge is 2.19. The largest absolute Gasteiger partial charge is 0.395 e. The number of thiophene rings is 1. The topological polar surface area (TPSA) is 40.5 Å². The quantitative estimate of drug-likeness (QED) is 0.842. The highest BCUT2D eigenvalue weighted by Crippen LogP contribution is 2.19. The molecule has 0 aliphatic rings. The van der Waals surface area contributed by atoms with Gasteiger partial charge in [0.2, 0.25) is 0 Å². The van der Waals surface area contributed by atoms with E-state index in [1.807, 2.05) is 30.9 Å². The van der Waals surface area contributed by atoms with Crippen LogP contribution in [0.2, 0.25) is 0 Å². The monoisotopic (exact) mass is 279 g/mol. The second-order valence-electron chi connectivity index (χ2n) is 4.53. The van der Waals surface area contributed by atoms with Gasteiger partial charge in [-0.25, -0.2) is 0 Å². The average molecular weight is 279 g/mol. The summed E-state index contributed by atoms with van der Waals surface area (Å²) in [5.41, 5.74) is 0. The van der Waals surface area contributed by atoms with Crippen LogP contribution in [0.4, 0.5) is 0 Å². The van der Waals surface area contributed by atoms with Crippen molar-refractivity contribution in [2.75, 3.05) is 13.2 Å². The zero-order valence-corrected chi connectivity index (χ0v) is 12.6. The Bertz CT molecular complexity index is 468. The molecule has 0 aromatic carbocycles. The van der Waals surface area contributed by atoms with Gasteiger partial charge in [0, 0.05) is 19.0 Å². The minimum absolute atomic E-state index is 0.0712. The van der Waals surface area contributed by atoms with Crippen LogP contribution in [-0.2, 0) is 0 Å². The summed E-state index contributed by atoms with van der Waals surface area (Å²) >= 11 is 1.42. The lowest BCUT2D eigenvalue weighted by atomic mass is 10.2. The van der Waals surface area contributed by atoms with Crippen molar-refractivity contribution in [1.82, 2.24) is 4.90 Å². The van der Waals surface area contributed by atoms with Crippen molar-refractivity contribution < 1.29 is 9.90 Å². The minimum Gasteiger partial charge on any atom is -0.395 e. The van der Waals surface area contributed by atoms with Gasteiger partial charge < -0.3 is 10.0 Å². The fourth-order valence-corrected chi connectivity index (χ4v) is 2.54. The van der Waals surface area contributed by atoms with Gasteiger partial charge in [0.15, 0.2) is 0 Å². The van der Waals surface area contributed by atoms with Crippen LogP contribution in [0.25, 0.3) is 0 Å². The molecule has 0 saturated heterocycles. The molecule has 0 radical (unpaired) electrons. The van der Waals surface area contributed by atoms with Crippen molar-refractivity contribution in [3.8, 4) is 11.8 Å². The molecule has 0 unspecified atom stereocenters. The molecule has 104 valence electrons. The number of nitrogens with zero attached hydrogens (tertiary/aromatic N) is 1. The summed E-state index contributed by atoms with van der Waals surface area (Å²) < 4.78 is 0. The Morgan fingerprint density at radius 3 is 2.79 bits per heavy atom. The fourth-order valence-electron chi connectivity index (χ4n) is 1.70. The standard InChI is InChI=1S/C15H21NO2S/c1-4-10-16(12(2)3)15(18)14-9-8-13(19-14)7-5-6-11-17/h8-9,12,17H,4,6,10-11H2,1-3H3. The lowest BCUT2D eigenvalue weighted by Gasteiger charge is -2.25. The van der Waals surface area contributed by atoms with Gasteiger partial charge in [-0.05, 0) is 32.4 Å². The number of rotatable bonds is 5. The van der Waals surface area contributed by atoms with Gasteiger partial charge in [0.25, 0.3) is 5.91 Å². The molecular formula is C15H21NO2S. The molecule has 1 N–H and O–H groups in total. The first kappa shape index (κ1) is 15.7. The Kier molecular flexibility index (Phi) is 6.61. The van der Waals surface area contributed by atoms with Gasteiger partial charge in [0.05, 0.1) is 16.4 Å². The lowest BCUT2D eigenvalue weighted by molar-refractivity contribution is 0.0711. The molecule has 0 aliphatic carbocycles. The first-order chi connectivity index (χ1) is 9.10. The highest BCUT2D eigenvalue weighted by atomic mass is 32.1. The summed E-state index contributed by atoms with van der Waals surface area (Å²) in [6.07, 6.45) is 1.42. The fraction of sp³-hybridized carbons (Fsp3) is 0.533. The van der Waals surface area contributed by atoms with Crippen LogP contribution in [0.5, 0.6) is 0 Å². The Morgan fingerprint density at radius 2 is 2.21 bits per heavy atom. The van der Waals surface area contributed by atoms with Crippen molar-refractivity contribution in [3.05, 3.63) is 21.9 Å². The molecule has 0 atom stereocenters. The van der Waals surface area contributed by atoms with Crippen molar-refractivity contribution in [1.29, 1.82) is 0 Å². The summed E-state index contributed by atoms with van der Waals surface area (Å²) in [5, 5.41) is 8.67. The summed E-state index contributed by atoms with van der Waals surface area (Å²) in [6.45, 7) is 6.98. The lowest BCUT2D eigenvalue weighted by Crippen LogP contribution is -2.37. The molecule has 3 nitrogen and oxygen atoms in total. The maximum atomic E-state index is 12.4. The van der Waals surface area contributed by atoms with Crippen LogP contribution in [-0.4, -0.2) is 35.1 Å². The second-order valence-corrected chi connectivity index (χ2v) is 5.62. The highest BCUT2D eigenvalue weighted by molar-refractivity contribution is 7.14. The number of hydrogen-bond donors (Lipinski definition) is 1. The number of carbonyl (C=O) groups is 1. The Balaban J connectivity index is 2.80. The molecular weight excluding hydrogens is 258 g/mol. The van der Waals surface area contributed by atoms with E-state index in [2.05, 4.69) is 18.8 Å². The number of amides is 1. The van der Waals surface area contributed by atoms with Gasteiger partial charge in [-0.3, -0.25) is 4.79 Å². The van der Waals surface area contributed by atoms with E-state index in [1.54, 1.807) is 0 Å². The van der Waals surface area contributed by atoms with Crippen LogP contribution >= 0.6 is 11.3 Å². The first-order valence-corrected chi connectivity index (χ1v) is 7.42. The maximum absolute atomic E-state index is 12.4. The molecule has 1 heterocycles. The molecule has 0 bridgehead atoms. The summed E-state index contributed by atoms with van der Waals surface area (Å²) in [4.78, 5) is 15.9. The normalized spacial score (nSPS) is 10.2. The molecule has 0 fully saturated rings. The zero-order valence-electron chi connectivity index (χ0n) is 11.8. The maximum Gasteiger partial charge on any atom is 0.264 e. The number of carbonyl (C=O) groups excluding carboxylic acids is 1. The summed E-state index contributed by atoms with van der Waals surface area (Å²) in [6, 6.07) is 3.91. The van der Waals surface area contributed by atoms with Crippen LogP contribution < -0.4 is 0 Å². The van der Waals surface area contributed by atoms with E-state index < -0.39 is 0 Å². The van der Waals surface area contributed by atoms with Gasteiger partial charge in [-0.15, -0.1) is 11.3 Å². The Hall–Kier alpha value is -1.31. The van der Waals surface area contributed by atoms with Gasteiger partial charge in [-0.2, -0.15) is 0 Å². The molecule has 0 spiro atoms. The molecule has 19 heavy (non-hydrogen) atoms. The molecule has 1 aromatic rings. The predicted molar refractivity (Wildman–Crippen MR) is 79.4 cm³/mol.